The quantitative estimate of drug-likeness (QED) is 0.672. The molecular weight excluding hydrogens is 379 g/mol. The lowest BCUT2D eigenvalue weighted by atomic mass is 10.3. The molecule has 0 radical (unpaired) electrons. The van der Waals surface area contributed by atoms with E-state index >= 15 is 0 Å². The van der Waals surface area contributed by atoms with Crippen molar-refractivity contribution < 1.29 is 27.5 Å². The summed E-state index contributed by atoms with van der Waals surface area (Å²) < 4.78 is 41.4. The fourth-order valence-electron chi connectivity index (χ4n) is 2.33. The van der Waals surface area contributed by atoms with E-state index in [4.69, 9.17) is 0 Å². The number of sulfonamides is 1. The molecule has 0 saturated heterocycles. The summed E-state index contributed by atoms with van der Waals surface area (Å²) in [4.78, 5) is 22.0. The predicted octanol–water partition coefficient (Wildman–Crippen LogP) is 0.611. The highest BCUT2D eigenvalue weighted by Gasteiger charge is 2.33. The van der Waals surface area contributed by atoms with Crippen molar-refractivity contribution in [1.82, 2.24) is 19.4 Å². The molecule has 0 bridgehead atoms. The number of nitrogens with zero attached hydrogens (tertiary/aromatic N) is 3. The Morgan fingerprint density at radius 2 is 2.04 bits per heavy atom. The van der Waals surface area contributed by atoms with Gasteiger partial charge in [0.1, 0.15) is 22.4 Å². The van der Waals surface area contributed by atoms with Crippen molar-refractivity contribution >= 4 is 21.9 Å². The average Bonchev–Trinajstić information content (AvgIpc) is 3.08. The second kappa shape index (κ2) is 8.27. The molecule has 11 heteroatoms. The number of hydrogen-bond donors (Lipinski definition) is 2. The lowest BCUT2D eigenvalue weighted by Gasteiger charge is -2.25. The molecule has 0 saturated carbocycles. The number of amides is 1. The standard InChI is InChI=1S/C16H19FN4O5S/c1-11(16(23)24)21(8-7-18-12(2)22)27(25,26)13-9-19-20(10-13)15-6-4-3-5-14(15)17/h3-6,9-11H,7-8H2,1-2H3,(H,18,22)(H,23,24). The van der Waals surface area contributed by atoms with Crippen molar-refractivity contribution in [3.8, 4) is 5.69 Å². The molecule has 1 heterocycles. The molecule has 1 aromatic heterocycles. The van der Waals surface area contributed by atoms with Crippen LogP contribution in [0.2, 0.25) is 0 Å². The van der Waals surface area contributed by atoms with Crippen molar-refractivity contribution in [3.05, 3.63) is 42.5 Å². The summed E-state index contributed by atoms with van der Waals surface area (Å²) in [6.45, 7) is 2.17. The van der Waals surface area contributed by atoms with E-state index in [-0.39, 0.29) is 29.6 Å². The average molecular weight is 398 g/mol. The summed E-state index contributed by atoms with van der Waals surface area (Å²) in [6.07, 6.45) is 2.12. The number of hydrogen-bond acceptors (Lipinski definition) is 5. The van der Waals surface area contributed by atoms with Gasteiger partial charge in [0.15, 0.2) is 0 Å². The van der Waals surface area contributed by atoms with E-state index in [1.165, 1.54) is 32.0 Å². The summed E-state index contributed by atoms with van der Waals surface area (Å²) in [5, 5.41) is 15.5. The highest BCUT2D eigenvalue weighted by Crippen LogP contribution is 2.20. The van der Waals surface area contributed by atoms with Crippen LogP contribution >= 0.6 is 0 Å². The summed E-state index contributed by atoms with van der Waals surface area (Å²) in [7, 11) is -4.25. The van der Waals surface area contributed by atoms with Crippen LogP contribution in [0.1, 0.15) is 13.8 Å². The maximum atomic E-state index is 13.9. The normalized spacial score (nSPS) is 12.7. The lowest BCUT2D eigenvalue weighted by Crippen LogP contribution is -2.46. The van der Waals surface area contributed by atoms with Gasteiger partial charge in [-0.1, -0.05) is 12.1 Å². The zero-order chi connectivity index (χ0) is 20.2. The van der Waals surface area contributed by atoms with E-state index in [1.807, 2.05) is 0 Å². The number of halogens is 1. The Labute approximate surface area is 155 Å². The first-order valence-electron chi connectivity index (χ1n) is 7.93. The van der Waals surface area contributed by atoms with E-state index in [0.717, 1.165) is 21.4 Å². The number of carboxylic acids is 1. The van der Waals surface area contributed by atoms with Crippen LogP contribution in [0.3, 0.4) is 0 Å². The molecule has 27 heavy (non-hydrogen) atoms. The van der Waals surface area contributed by atoms with E-state index < -0.39 is 27.9 Å². The Kier molecular flexibility index (Phi) is 6.28. The number of carbonyl (C=O) groups is 2. The number of aliphatic carboxylic acids is 1. The van der Waals surface area contributed by atoms with Gasteiger partial charge in [-0.25, -0.2) is 17.5 Å². The highest BCUT2D eigenvalue weighted by atomic mass is 32.2. The Morgan fingerprint density at radius 1 is 1.37 bits per heavy atom. The van der Waals surface area contributed by atoms with Gasteiger partial charge in [-0.05, 0) is 19.1 Å². The van der Waals surface area contributed by atoms with Crippen LogP contribution in [-0.4, -0.2) is 58.6 Å². The van der Waals surface area contributed by atoms with Crippen molar-refractivity contribution in [1.29, 1.82) is 0 Å². The second-order valence-electron chi connectivity index (χ2n) is 5.68. The third-order valence-corrected chi connectivity index (χ3v) is 5.68. The minimum absolute atomic E-state index is 0.0510. The molecule has 146 valence electrons. The Hall–Kier alpha value is -2.79. The molecule has 1 unspecified atom stereocenters. The van der Waals surface area contributed by atoms with Crippen molar-refractivity contribution in [2.45, 2.75) is 24.8 Å². The molecule has 0 aliphatic carbocycles. The number of carbonyl (C=O) groups excluding carboxylic acids is 1. The molecular formula is C16H19FN4O5S. The third-order valence-electron chi connectivity index (χ3n) is 3.76. The largest absolute Gasteiger partial charge is 0.480 e. The molecule has 1 amide bonds. The van der Waals surface area contributed by atoms with E-state index in [2.05, 4.69) is 10.4 Å². The number of carboxylic acid groups (broad SMARTS) is 1. The van der Waals surface area contributed by atoms with E-state index in [1.54, 1.807) is 6.07 Å². The van der Waals surface area contributed by atoms with Gasteiger partial charge in [0.25, 0.3) is 0 Å². The van der Waals surface area contributed by atoms with Gasteiger partial charge in [-0.2, -0.15) is 9.40 Å². The molecule has 0 spiro atoms. The van der Waals surface area contributed by atoms with Crippen LogP contribution < -0.4 is 5.32 Å². The fraction of sp³-hybridized carbons (Fsp3) is 0.312. The van der Waals surface area contributed by atoms with Crippen molar-refractivity contribution in [2.75, 3.05) is 13.1 Å². The monoisotopic (exact) mass is 398 g/mol. The Morgan fingerprint density at radius 3 is 2.63 bits per heavy atom. The van der Waals surface area contributed by atoms with Crippen LogP contribution in [0.4, 0.5) is 4.39 Å². The van der Waals surface area contributed by atoms with Crippen LogP contribution in [0.25, 0.3) is 5.69 Å². The van der Waals surface area contributed by atoms with Crippen LogP contribution in [0, 0.1) is 5.82 Å². The molecule has 1 atom stereocenters. The first-order chi connectivity index (χ1) is 12.6. The summed E-state index contributed by atoms with van der Waals surface area (Å²) in [5.74, 6) is -2.31. The first-order valence-corrected chi connectivity index (χ1v) is 9.37. The first kappa shape index (κ1) is 20.5. The molecule has 0 aliphatic rings. The van der Waals surface area contributed by atoms with Gasteiger partial charge in [-0.15, -0.1) is 0 Å². The summed E-state index contributed by atoms with van der Waals surface area (Å²) in [6, 6.07) is 4.31. The minimum Gasteiger partial charge on any atom is -0.480 e. The third kappa shape index (κ3) is 4.68. The predicted molar refractivity (Wildman–Crippen MR) is 93.2 cm³/mol. The highest BCUT2D eigenvalue weighted by molar-refractivity contribution is 7.89. The van der Waals surface area contributed by atoms with Gasteiger partial charge in [0, 0.05) is 20.0 Å². The van der Waals surface area contributed by atoms with E-state index in [9.17, 15) is 27.5 Å². The van der Waals surface area contributed by atoms with Crippen LogP contribution in [-0.2, 0) is 19.6 Å². The van der Waals surface area contributed by atoms with Crippen LogP contribution in [0.15, 0.2) is 41.6 Å². The topological polar surface area (TPSA) is 122 Å². The number of rotatable bonds is 8. The summed E-state index contributed by atoms with van der Waals surface area (Å²) in [5.41, 5.74) is 0.0510. The number of para-hydroxylation sites is 1. The molecule has 1 aromatic carbocycles. The molecule has 9 nitrogen and oxygen atoms in total. The zero-order valence-corrected chi connectivity index (χ0v) is 15.5. The Balaban J connectivity index is 2.36. The van der Waals surface area contributed by atoms with Crippen LogP contribution in [0.5, 0.6) is 0 Å². The summed E-state index contributed by atoms with van der Waals surface area (Å²) >= 11 is 0. The molecule has 2 aromatic rings. The Bertz CT molecular complexity index is 944. The van der Waals surface area contributed by atoms with Gasteiger partial charge in [0.2, 0.25) is 15.9 Å². The maximum Gasteiger partial charge on any atom is 0.321 e. The number of aromatic nitrogens is 2. The number of nitrogens with one attached hydrogen (secondary N) is 1. The van der Waals surface area contributed by atoms with Gasteiger partial charge in [-0.3, -0.25) is 9.59 Å². The molecule has 0 fully saturated rings. The van der Waals surface area contributed by atoms with Crippen molar-refractivity contribution in [3.63, 3.8) is 0 Å². The minimum atomic E-state index is -4.25. The zero-order valence-electron chi connectivity index (χ0n) is 14.7. The van der Waals surface area contributed by atoms with Gasteiger partial charge in [0.05, 0.1) is 12.4 Å². The van der Waals surface area contributed by atoms with Crippen molar-refractivity contribution in [2.24, 2.45) is 0 Å². The molecule has 2 rings (SSSR count). The number of benzene rings is 1. The SMILES string of the molecule is CC(=O)NCCN(C(C)C(=O)O)S(=O)(=O)c1cnn(-c2ccccc2F)c1. The van der Waals surface area contributed by atoms with Gasteiger partial charge < -0.3 is 10.4 Å². The smallest absolute Gasteiger partial charge is 0.321 e. The lowest BCUT2D eigenvalue weighted by molar-refractivity contribution is -0.140. The molecule has 0 aliphatic heterocycles. The maximum absolute atomic E-state index is 13.9. The van der Waals surface area contributed by atoms with E-state index in [0.29, 0.717) is 0 Å². The fourth-order valence-corrected chi connectivity index (χ4v) is 3.85. The molecule has 2 N–H and O–H groups in total. The van der Waals surface area contributed by atoms with Gasteiger partial charge >= 0.3 is 5.97 Å². The second-order valence-corrected chi connectivity index (χ2v) is 7.58.